The molecule has 0 fully saturated rings. The quantitative estimate of drug-likeness (QED) is 0.586. The molecular formula is C17H15FN4. The fraction of sp³-hybridized carbons (Fsp3) is 0.0588. The highest BCUT2D eigenvalue weighted by Gasteiger charge is 2.00. The first kappa shape index (κ1) is 14.0. The Balaban J connectivity index is 1.72. The van der Waals surface area contributed by atoms with Crippen LogP contribution in [0.25, 0.3) is 5.69 Å². The SMILES string of the molecule is C/C(=N/Nc1ccc(F)cc1)c1ccc(-n2ccnc2)cc1. The van der Waals surface area contributed by atoms with Crippen molar-refractivity contribution in [1.29, 1.82) is 0 Å². The van der Waals surface area contributed by atoms with Gasteiger partial charge in [0.1, 0.15) is 5.82 Å². The van der Waals surface area contributed by atoms with Crippen molar-refractivity contribution in [1.82, 2.24) is 9.55 Å². The van der Waals surface area contributed by atoms with Crippen LogP contribution in [0.4, 0.5) is 10.1 Å². The third-order valence-corrected chi connectivity index (χ3v) is 3.28. The predicted octanol–water partition coefficient (Wildman–Crippen LogP) is 3.85. The van der Waals surface area contributed by atoms with E-state index >= 15 is 0 Å². The van der Waals surface area contributed by atoms with Gasteiger partial charge in [0, 0.05) is 18.1 Å². The maximum Gasteiger partial charge on any atom is 0.123 e. The minimum Gasteiger partial charge on any atom is -0.306 e. The van der Waals surface area contributed by atoms with Crippen LogP contribution >= 0.6 is 0 Å². The van der Waals surface area contributed by atoms with Crippen molar-refractivity contribution < 1.29 is 4.39 Å². The normalized spacial score (nSPS) is 11.5. The second-order valence-electron chi connectivity index (χ2n) is 4.83. The van der Waals surface area contributed by atoms with Gasteiger partial charge in [-0.1, -0.05) is 12.1 Å². The van der Waals surface area contributed by atoms with Gasteiger partial charge in [-0.25, -0.2) is 9.37 Å². The first-order valence-corrected chi connectivity index (χ1v) is 6.87. The second kappa shape index (κ2) is 6.22. The Morgan fingerprint density at radius 3 is 2.45 bits per heavy atom. The van der Waals surface area contributed by atoms with E-state index in [-0.39, 0.29) is 5.82 Å². The van der Waals surface area contributed by atoms with Gasteiger partial charge in [0.2, 0.25) is 0 Å². The number of hydrogen-bond donors (Lipinski definition) is 1. The fourth-order valence-corrected chi connectivity index (χ4v) is 2.02. The zero-order valence-corrected chi connectivity index (χ0v) is 12.1. The number of rotatable bonds is 4. The third-order valence-electron chi connectivity index (χ3n) is 3.28. The minimum absolute atomic E-state index is 0.263. The van der Waals surface area contributed by atoms with Crippen LogP contribution in [0.1, 0.15) is 12.5 Å². The molecular weight excluding hydrogens is 279 g/mol. The molecule has 5 heteroatoms. The molecule has 1 heterocycles. The molecule has 0 bridgehead atoms. The Morgan fingerprint density at radius 2 is 1.82 bits per heavy atom. The Labute approximate surface area is 127 Å². The van der Waals surface area contributed by atoms with E-state index in [1.54, 1.807) is 24.7 Å². The summed E-state index contributed by atoms with van der Waals surface area (Å²) in [4.78, 5) is 4.03. The number of benzene rings is 2. The van der Waals surface area contributed by atoms with Gasteiger partial charge in [-0.15, -0.1) is 0 Å². The maximum absolute atomic E-state index is 12.8. The molecule has 4 nitrogen and oxygen atoms in total. The first-order valence-electron chi connectivity index (χ1n) is 6.87. The van der Waals surface area contributed by atoms with E-state index in [9.17, 15) is 4.39 Å². The predicted molar refractivity (Wildman–Crippen MR) is 85.8 cm³/mol. The van der Waals surface area contributed by atoms with E-state index in [1.165, 1.54) is 12.1 Å². The van der Waals surface area contributed by atoms with E-state index < -0.39 is 0 Å². The number of anilines is 1. The highest BCUT2D eigenvalue weighted by Crippen LogP contribution is 2.12. The van der Waals surface area contributed by atoms with Gasteiger partial charge < -0.3 is 4.57 Å². The van der Waals surface area contributed by atoms with E-state index in [0.717, 1.165) is 22.6 Å². The second-order valence-corrected chi connectivity index (χ2v) is 4.83. The number of hydrazone groups is 1. The molecule has 22 heavy (non-hydrogen) atoms. The summed E-state index contributed by atoms with van der Waals surface area (Å²) in [6.45, 7) is 1.92. The van der Waals surface area contributed by atoms with Gasteiger partial charge in [0.05, 0.1) is 17.7 Å². The zero-order valence-electron chi connectivity index (χ0n) is 12.1. The molecule has 3 rings (SSSR count). The molecule has 0 unspecified atom stereocenters. The average Bonchev–Trinajstić information content (AvgIpc) is 3.09. The number of aromatic nitrogens is 2. The van der Waals surface area contributed by atoms with Crippen molar-refractivity contribution in [3.05, 3.63) is 78.6 Å². The van der Waals surface area contributed by atoms with Gasteiger partial charge in [-0.3, -0.25) is 5.43 Å². The van der Waals surface area contributed by atoms with E-state index in [1.807, 2.05) is 42.0 Å². The summed E-state index contributed by atoms with van der Waals surface area (Å²) in [5.74, 6) is -0.263. The molecule has 0 aliphatic rings. The first-order chi connectivity index (χ1) is 10.7. The van der Waals surface area contributed by atoms with Crippen molar-refractivity contribution in [2.45, 2.75) is 6.92 Å². The van der Waals surface area contributed by atoms with Crippen molar-refractivity contribution >= 4 is 11.4 Å². The zero-order chi connectivity index (χ0) is 15.4. The van der Waals surface area contributed by atoms with Crippen LogP contribution in [0.5, 0.6) is 0 Å². The summed E-state index contributed by atoms with van der Waals surface area (Å²) in [5, 5.41) is 4.31. The van der Waals surface area contributed by atoms with Gasteiger partial charge in [0.25, 0.3) is 0 Å². The van der Waals surface area contributed by atoms with Gasteiger partial charge in [-0.2, -0.15) is 5.10 Å². The number of nitrogens with zero attached hydrogens (tertiary/aromatic N) is 3. The van der Waals surface area contributed by atoms with Crippen molar-refractivity contribution in [2.24, 2.45) is 5.10 Å². The molecule has 1 aromatic heterocycles. The third kappa shape index (κ3) is 3.20. The lowest BCUT2D eigenvalue weighted by Gasteiger charge is -2.06. The van der Waals surface area contributed by atoms with Crippen LogP contribution in [-0.4, -0.2) is 15.3 Å². The van der Waals surface area contributed by atoms with Gasteiger partial charge >= 0.3 is 0 Å². The highest BCUT2D eigenvalue weighted by atomic mass is 19.1. The average molecular weight is 294 g/mol. The number of hydrogen-bond acceptors (Lipinski definition) is 3. The summed E-state index contributed by atoms with van der Waals surface area (Å²) in [5.41, 5.74) is 6.57. The van der Waals surface area contributed by atoms with Crippen LogP contribution in [-0.2, 0) is 0 Å². The summed E-state index contributed by atoms with van der Waals surface area (Å²) >= 11 is 0. The summed E-state index contributed by atoms with van der Waals surface area (Å²) < 4.78 is 14.8. The molecule has 0 amide bonds. The van der Waals surface area contributed by atoms with Gasteiger partial charge in [-0.05, 0) is 48.9 Å². The molecule has 0 aliphatic carbocycles. The fourth-order valence-electron chi connectivity index (χ4n) is 2.02. The van der Waals surface area contributed by atoms with Crippen molar-refractivity contribution in [3.8, 4) is 5.69 Å². The maximum atomic E-state index is 12.8. The molecule has 2 aromatic carbocycles. The van der Waals surface area contributed by atoms with Crippen molar-refractivity contribution in [3.63, 3.8) is 0 Å². The van der Waals surface area contributed by atoms with Crippen LogP contribution in [0.2, 0.25) is 0 Å². The smallest absolute Gasteiger partial charge is 0.123 e. The van der Waals surface area contributed by atoms with Crippen LogP contribution in [0, 0.1) is 5.82 Å². The molecule has 0 radical (unpaired) electrons. The number of imidazole rings is 1. The Hall–Kier alpha value is -2.95. The van der Waals surface area contributed by atoms with Crippen molar-refractivity contribution in [2.75, 3.05) is 5.43 Å². The molecule has 0 saturated carbocycles. The Morgan fingerprint density at radius 1 is 1.09 bits per heavy atom. The van der Waals surface area contributed by atoms with E-state index in [0.29, 0.717) is 0 Å². The summed E-state index contributed by atoms with van der Waals surface area (Å²) in [7, 11) is 0. The minimum atomic E-state index is -0.263. The largest absolute Gasteiger partial charge is 0.306 e. The van der Waals surface area contributed by atoms with Gasteiger partial charge in [0.15, 0.2) is 0 Å². The highest BCUT2D eigenvalue weighted by molar-refractivity contribution is 5.99. The van der Waals surface area contributed by atoms with Crippen LogP contribution in [0.3, 0.4) is 0 Å². The number of halogens is 1. The summed E-state index contributed by atoms with van der Waals surface area (Å²) in [6, 6.07) is 14.1. The molecule has 0 spiro atoms. The molecule has 1 N–H and O–H groups in total. The Bertz CT molecular complexity index is 759. The van der Waals surface area contributed by atoms with E-state index in [4.69, 9.17) is 0 Å². The molecule has 3 aromatic rings. The van der Waals surface area contributed by atoms with Crippen LogP contribution in [0.15, 0.2) is 72.4 Å². The Kier molecular flexibility index (Phi) is 3.96. The lowest BCUT2D eigenvalue weighted by Crippen LogP contribution is -2.00. The standard InChI is InChI=1S/C17H15FN4/c1-13(20-21-16-6-4-15(18)5-7-16)14-2-8-17(9-3-14)22-11-10-19-12-22/h2-12,21H,1H3/b20-13-. The molecule has 0 saturated heterocycles. The lowest BCUT2D eigenvalue weighted by atomic mass is 10.1. The summed E-state index contributed by atoms with van der Waals surface area (Å²) in [6.07, 6.45) is 5.39. The number of nitrogens with one attached hydrogen (secondary N) is 1. The molecule has 0 atom stereocenters. The molecule has 110 valence electrons. The lowest BCUT2D eigenvalue weighted by molar-refractivity contribution is 0.628. The topological polar surface area (TPSA) is 42.2 Å². The van der Waals surface area contributed by atoms with E-state index in [2.05, 4.69) is 15.5 Å². The monoisotopic (exact) mass is 294 g/mol. The van der Waals surface area contributed by atoms with Crippen LogP contribution < -0.4 is 5.43 Å². The molecule has 0 aliphatic heterocycles.